The Balaban J connectivity index is 1.13. The SMILES string of the molecule is Cc1ccccc1N1CCN(C(=O)CSc2nc(Cl)cc(N3CCN(C(=O)Nc4cccc(Cl)c4)C(C)C3)n2)CC1. The number of para-hydroxylation sites is 1. The van der Waals surface area contributed by atoms with E-state index < -0.39 is 0 Å². The highest BCUT2D eigenvalue weighted by molar-refractivity contribution is 7.99. The van der Waals surface area contributed by atoms with Crippen LogP contribution in [-0.4, -0.2) is 89.3 Å². The molecule has 0 spiro atoms. The molecule has 41 heavy (non-hydrogen) atoms. The van der Waals surface area contributed by atoms with E-state index in [4.69, 9.17) is 28.2 Å². The first kappa shape index (κ1) is 29.3. The number of benzene rings is 2. The maximum Gasteiger partial charge on any atom is 0.322 e. The summed E-state index contributed by atoms with van der Waals surface area (Å²) in [6.45, 7) is 8.79. The molecule has 2 aromatic carbocycles. The van der Waals surface area contributed by atoms with Gasteiger partial charge in [-0.3, -0.25) is 4.79 Å². The fourth-order valence-corrected chi connectivity index (χ4v) is 6.35. The van der Waals surface area contributed by atoms with Gasteiger partial charge in [-0.05, 0) is 43.7 Å². The van der Waals surface area contributed by atoms with Crippen LogP contribution in [0.3, 0.4) is 0 Å². The van der Waals surface area contributed by atoms with Gasteiger partial charge < -0.3 is 24.9 Å². The topological polar surface area (TPSA) is 84.9 Å². The molecule has 1 aromatic heterocycles. The third-order valence-electron chi connectivity index (χ3n) is 7.36. The van der Waals surface area contributed by atoms with Crippen LogP contribution in [-0.2, 0) is 4.79 Å². The number of aryl methyl sites for hydroxylation is 1. The molecular weight excluding hydrogens is 581 g/mol. The highest BCUT2D eigenvalue weighted by Gasteiger charge is 2.29. The fourth-order valence-electron chi connectivity index (χ4n) is 5.17. The molecule has 1 atom stereocenters. The number of anilines is 3. The summed E-state index contributed by atoms with van der Waals surface area (Å²) >= 11 is 13.7. The monoisotopic (exact) mass is 613 g/mol. The van der Waals surface area contributed by atoms with Crippen molar-refractivity contribution in [3.63, 3.8) is 0 Å². The number of amides is 3. The van der Waals surface area contributed by atoms with Crippen LogP contribution in [0.4, 0.5) is 22.0 Å². The van der Waals surface area contributed by atoms with Gasteiger partial charge in [-0.1, -0.05) is 59.2 Å². The Labute approximate surface area is 254 Å². The Kier molecular flexibility index (Phi) is 9.42. The number of thioether (sulfide) groups is 1. The van der Waals surface area contributed by atoms with Gasteiger partial charge in [-0.25, -0.2) is 14.8 Å². The average Bonchev–Trinajstić information content (AvgIpc) is 2.96. The van der Waals surface area contributed by atoms with E-state index in [9.17, 15) is 9.59 Å². The van der Waals surface area contributed by atoms with Crippen LogP contribution in [0.5, 0.6) is 0 Å². The van der Waals surface area contributed by atoms with E-state index in [-0.39, 0.29) is 23.7 Å². The molecule has 0 aliphatic carbocycles. The van der Waals surface area contributed by atoms with Crippen LogP contribution in [0.15, 0.2) is 59.8 Å². The molecule has 3 aromatic rings. The number of halogens is 2. The van der Waals surface area contributed by atoms with E-state index >= 15 is 0 Å². The van der Waals surface area contributed by atoms with Crippen molar-refractivity contribution in [1.82, 2.24) is 19.8 Å². The predicted molar refractivity (Wildman–Crippen MR) is 167 cm³/mol. The molecule has 0 saturated carbocycles. The second-order valence-electron chi connectivity index (χ2n) is 10.2. The Hall–Kier alpha value is -3.21. The number of rotatable bonds is 6. The zero-order valence-corrected chi connectivity index (χ0v) is 25.4. The van der Waals surface area contributed by atoms with Crippen LogP contribution in [0.2, 0.25) is 10.2 Å². The molecule has 0 radical (unpaired) electrons. The summed E-state index contributed by atoms with van der Waals surface area (Å²) in [6.07, 6.45) is 0. The molecular formula is C29H33Cl2N7O2S. The van der Waals surface area contributed by atoms with Gasteiger partial charge in [0.05, 0.1) is 5.75 Å². The van der Waals surface area contributed by atoms with Crippen LogP contribution in [0, 0.1) is 6.92 Å². The molecule has 2 aliphatic rings. The van der Waals surface area contributed by atoms with Gasteiger partial charge in [0, 0.05) is 74.3 Å². The van der Waals surface area contributed by atoms with Gasteiger partial charge >= 0.3 is 6.03 Å². The van der Waals surface area contributed by atoms with Crippen molar-refractivity contribution >= 4 is 64.1 Å². The summed E-state index contributed by atoms with van der Waals surface area (Å²) in [4.78, 5) is 43.1. The first-order valence-corrected chi connectivity index (χ1v) is 15.3. The van der Waals surface area contributed by atoms with Crippen LogP contribution in [0.25, 0.3) is 0 Å². The lowest BCUT2D eigenvalue weighted by atomic mass is 10.1. The zero-order valence-electron chi connectivity index (χ0n) is 23.1. The molecule has 0 bridgehead atoms. The van der Waals surface area contributed by atoms with Gasteiger partial charge in [-0.2, -0.15) is 0 Å². The van der Waals surface area contributed by atoms with Crippen molar-refractivity contribution in [3.05, 3.63) is 70.3 Å². The standard InChI is InChI=1S/C29H33Cl2N7O2S/c1-20-6-3-4-9-24(20)35-10-12-36(13-11-35)27(39)19-41-28-33-25(31)17-26(34-28)37-14-15-38(21(2)18-37)29(40)32-23-8-5-7-22(30)16-23/h3-9,16-17,21H,10-15,18-19H2,1-2H3,(H,32,40). The molecule has 3 heterocycles. The van der Waals surface area contributed by atoms with E-state index in [1.807, 2.05) is 24.0 Å². The minimum atomic E-state index is -0.172. The number of nitrogens with zero attached hydrogens (tertiary/aromatic N) is 6. The molecule has 9 nitrogen and oxygen atoms in total. The van der Waals surface area contributed by atoms with Crippen LogP contribution < -0.4 is 15.1 Å². The number of nitrogens with one attached hydrogen (secondary N) is 1. The van der Waals surface area contributed by atoms with Crippen molar-refractivity contribution < 1.29 is 9.59 Å². The van der Waals surface area contributed by atoms with E-state index in [1.165, 1.54) is 23.0 Å². The summed E-state index contributed by atoms with van der Waals surface area (Å²) in [5.41, 5.74) is 3.13. The molecule has 12 heteroatoms. The quantitative estimate of drug-likeness (QED) is 0.230. The predicted octanol–water partition coefficient (Wildman–Crippen LogP) is 5.28. The van der Waals surface area contributed by atoms with Gasteiger partial charge in [0.2, 0.25) is 5.91 Å². The van der Waals surface area contributed by atoms with E-state index in [1.54, 1.807) is 29.2 Å². The third kappa shape index (κ3) is 7.36. The fraction of sp³-hybridized carbons (Fsp3) is 0.379. The molecule has 216 valence electrons. The van der Waals surface area contributed by atoms with E-state index in [0.29, 0.717) is 59.6 Å². The van der Waals surface area contributed by atoms with Crippen LogP contribution >= 0.6 is 35.0 Å². The maximum absolute atomic E-state index is 13.0. The summed E-state index contributed by atoms with van der Waals surface area (Å²) in [5.74, 6) is 1.00. The Morgan fingerprint density at radius 2 is 1.71 bits per heavy atom. The molecule has 1 N–H and O–H groups in total. The molecule has 2 fully saturated rings. The lowest BCUT2D eigenvalue weighted by Crippen LogP contribution is -2.55. The smallest absolute Gasteiger partial charge is 0.322 e. The van der Waals surface area contributed by atoms with Gasteiger partial charge in [0.1, 0.15) is 11.0 Å². The second kappa shape index (κ2) is 13.2. The average molecular weight is 615 g/mol. The maximum atomic E-state index is 13.0. The lowest BCUT2D eigenvalue weighted by Gasteiger charge is -2.40. The van der Waals surface area contributed by atoms with Gasteiger partial charge in [0.25, 0.3) is 0 Å². The second-order valence-corrected chi connectivity index (χ2v) is 12.0. The highest BCUT2D eigenvalue weighted by atomic mass is 35.5. The largest absolute Gasteiger partial charge is 0.368 e. The first-order chi connectivity index (χ1) is 19.8. The number of carbonyl (C=O) groups is 2. The molecule has 2 aliphatic heterocycles. The minimum Gasteiger partial charge on any atom is -0.368 e. The Morgan fingerprint density at radius 3 is 2.44 bits per heavy atom. The van der Waals surface area contributed by atoms with Gasteiger partial charge in [0.15, 0.2) is 5.16 Å². The van der Waals surface area contributed by atoms with Gasteiger partial charge in [-0.15, -0.1) is 0 Å². The van der Waals surface area contributed by atoms with E-state index in [0.717, 1.165) is 13.1 Å². The molecule has 2 saturated heterocycles. The summed E-state index contributed by atoms with van der Waals surface area (Å²) in [6, 6.07) is 16.9. The van der Waals surface area contributed by atoms with Crippen molar-refractivity contribution in [2.75, 3.05) is 66.7 Å². The van der Waals surface area contributed by atoms with Crippen molar-refractivity contribution in [1.29, 1.82) is 0 Å². The Morgan fingerprint density at radius 1 is 0.951 bits per heavy atom. The highest BCUT2D eigenvalue weighted by Crippen LogP contribution is 2.26. The molecule has 1 unspecified atom stereocenters. The summed E-state index contributed by atoms with van der Waals surface area (Å²) < 4.78 is 0. The summed E-state index contributed by atoms with van der Waals surface area (Å²) in [5, 5.41) is 4.28. The van der Waals surface area contributed by atoms with E-state index in [2.05, 4.69) is 45.2 Å². The number of urea groups is 1. The first-order valence-electron chi connectivity index (χ1n) is 13.6. The van der Waals surface area contributed by atoms with Crippen molar-refractivity contribution in [3.8, 4) is 0 Å². The summed E-state index contributed by atoms with van der Waals surface area (Å²) in [7, 11) is 0. The number of piperazine rings is 2. The number of hydrogen-bond donors (Lipinski definition) is 1. The molecule has 5 rings (SSSR count). The number of carbonyl (C=O) groups excluding carboxylic acids is 2. The zero-order chi connectivity index (χ0) is 28.9. The van der Waals surface area contributed by atoms with Crippen molar-refractivity contribution in [2.24, 2.45) is 0 Å². The lowest BCUT2D eigenvalue weighted by molar-refractivity contribution is -0.128. The minimum absolute atomic E-state index is 0.0623. The normalized spacial score (nSPS) is 17.5. The Bertz CT molecular complexity index is 1400. The number of aromatic nitrogens is 2. The molecule has 3 amide bonds. The van der Waals surface area contributed by atoms with Crippen LogP contribution in [0.1, 0.15) is 12.5 Å². The third-order valence-corrected chi connectivity index (χ3v) is 8.62. The number of hydrogen-bond acceptors (Lipinski definition) is 7. The van der Waals surface area contributed by atoms with Crippen molar-refractivity contribution in [2.45, 2.75) is 25.0 Å².